The molecule has 0 unspecified atom stereocenters. The number of hydrogen-bond acceptors (Lipinski definition) is 2. The number of halogens is 1. The quantitative estimate of drug-likeness (QED) is 0.711. The molecule has 0 saturated carbocycles. The van der Waals surface area contributed by atoms with Crippen molar-refractivity contribution in [3.63, 3.8) is 0 Å². The summed E-state index contributed by atoms with van der Waals surface area (Å²) in [4.78, 5) is 4.52. The van der Waals surface area contributed by atoms with E-state index in [-0.39, 0.29) is 5.82 Å². The third-order valence-electron chi connectivity index (χ3n) is 2.95. The van der Waals surface area contributed by atoms with Crippen molar-refractivity contribution in [2.24, 2.45) is 0 Å². The number of benzene rings is 1. The highest BCUT2D eigenvalue weighted by Gasteiger charge is 2.09. The molecule has 2 aromatic heterocycles. The minimum atomic E-state index is -0.249. The van der Waals surface area contributed by atoms with E-state index in [1.807, 2.05) is 29.7 Å². The molecule has 4 heteroatoms. The van der Waals surface area contributed by atoms with Crippen LogP contribution in [0.1, 0.15) is 5.69 Å². The van der Waals surface area contributed by atoms with Crippen LogP contribution < -0.4 is 5.73 Å². The first-order valence-corrected chi connectivity index (χ1v) is 5.65. The average Bonchev–Trinajstić information content (AvgIpc) is 2.68. The van der Waals surface area contributed by atoms with Gasteiger partial charge in [0, 0.05) is 17.4 Å². The summed E-state index contributed by atoms with van der Waals surface area (Å²) in [5, 5.41) is 0. The van der Waals surface area contributed by atoms with E-state index >= 15 is 0 Å². The van der Waals surface area contributed by atoms with Gasteiger partial charge in [0.25, 0.3) is 0 Å². The number of pyridine rings is 1. The van der Waals surface area contributed by atoms with E-state index in [4.69, 9.17) is 5.73 Å². The van der Waals surface area contributed by atoms with E-state index in [9.17, 15) is 4.39 Å². The molecule has 2 N–H and O–H groups in total. The molecule has 0 aliphatic rings. The summed E-state index contributed by atoms with van der Waals surface area (Å²) in [6, 6.07) is 10.0. The Morgan fingerprint density at radius 2 is 1.89 bits per heavy atom. The van der Waals surface area contributed by atoms with Gasteiger partial charge in [-0.05, 0) is 43.3 Å². The van der Waals surface area contributed by atoms with E-state index < -0.39 is 0 Å². The van der Waals surface area contributed by atoms with Gasteiger partial charge in [0.2, 0.25) is 0 Å². The minimum absolute atomic E-state index is 0.249. The van der Waals surface area contributed by atoms with Crippen molar-refractivity contribution in [3.8, 4) is 11.4 Å². The highest BCUT2D eigenvalue weighted by molar-refractivity contribution is 5.68. The van der Waals surface area contributed by atoms with E-state index in [1.165, 1.54) is 12.1 Å². The Kier molecular flexibility index (Phi) is 2.30. The van der Waals surface area contributed by atoms with Crippen LogP contribution in [-0.2, 0) is 0 Å². The van der Waals surface area contributed by atoms with Crippen LogP contribution >= 0.6 is 0 Å². The molecule has 18 heavy (non-hydrogen) atoms. The van der Waals surface area contributed by atoms with Crippen molar-refractivity contribution in [1.29, 1.82) is 0 Å². The second-order valence-corrected chi connectivity index (χ2v) is 4.24. The molecular weight excluding hydrogens is 229 g/mol. The van der Waals surface area contributed by atoms with Gasteiger partial charge in [0.15, 0.2) is 0 Å². The molecule has 3 nitrogen and oxygen atoms in total. The summed E-state index contributed by atoms with van der Waals surface area (Å²) in [5.41, 5.74) is 9.22. The Hall–Kier alpha value is -2.36. The van der Waals surface area contributed by atoms with Crippen LogP contribution in [0.2, 0.25) is 0 Å². The lowest BCUT2D eigenvalue weighted by Crippen LogP contribution is -1.91. The number of imidazole rings is 1. The molecule has 1 aromatic carbocycles. The number of fused-ring (bicyclic) bond motifs is 1. The van der Waals surface area contributed by atoms with E-state index in [0.29, 0.717) is 5.69 Å². The number of anilines is 1. The Morgan fingerprint density at radius 3 is 2.61 bits per heavy atom. The largest absolute Gasteiger partial charge is 0.399 e. The second-order valence-electron chi connectivity index (χ2n) is 4.24. The second kappa shape index (κ2) is 3.84. The predicted octanol–water partition coefficient (Wildman–Crippen LogP) is 3.03. The minimum Gasteiger partial charge on any atom is -0.399 e. The zero-order valence-electron chi connectivity index (χ0n) is 9.89. The highest BCUT2D eigenvalue weighted by atomic mass is 19.1. The SMILES string of the molecule is Cc1nc(-c2ccc(F)cc2)n2ccc(N)cc12. The molecule has 0 aliphatic heterocycles. The maximum absolute atomic E-state index is 12.9. The summed E-state index contributed by atoms with van der Waals surface area (Å²) < 4.78 is 14.9. The van der Waals surface area contributed by atoms with Crippen LogP contribution in [0.4, 0.5) is 10.1 Å². The molecule has 0 aliphatic carbocycles. The number of aryl methyl sites for hydroxylation is 1. The lowest BCUT2D eigenvalue weighted by Gasteiger charge is -2.02. The third kappa shape index (κ3) is 1.62. The average molecular weight is 241 g/mol. The van der Waals surface area contributed by atoms with Crippen molar-refractivity contribution < 1.29 is 4.39 Å². The van der Waals surface area contributed by atoms with Crippen LogP contribution in [0.25, 0.3) is 16.9 Å². The number of nitrogens with zero attached hydrogens (tertiary/aromatic N) is 2. The molecule has 0 saturated heterocycles. The number of aromatic nitrogens is 2. The topological polar surface area (TPSA) is 43.3 Å². The Labute approximate surface area is 104 Å². The molecule has 0 atom stereocenters. The lowest BCUT2D eigenvalue weighted by molar-refractivity contribution is 0.628. The number of nitrogens with two attached hydrogens (primary N) is 1. The lowest BCUT2D eigenvalue weighted by atomic mass is 10.2. The van der Waals surface area contributed by atoms with Crippen molar-refractivity contribution in [3.05, 3.63) is 54.1 Å². The van der Waals surface area contributed by atoms with E-state index in [1.54, 1.807) is 12.1 Å². The molecule has 2 heterocycles. The van der Waals surface area contributed by atoms with Gasteiger partial charge < -0.3 is 5.73 Å². The van der Waals surface area contributed by atoms with Crippen LogP contribution in [0.15, 0.2) is 42.6 Å². The molecule has 0 radical (unpaired) electrons. The summed E-state index contributed by atoms with van der Waals surface area (Å²) in [6.07, 6.45) is 1.88. The monoisotopic (exact) mass is 241 g/mol. The van der Waals surface area contributed by atoms with Gasteiger partial charge in [0.1, 0.15) is 11.6 Å². The molecule has 90 valence electrons. The third-order valence-corrected chi connectivity index (χ3v) is 2.95. The number of hydrogen-bond donors (Lipinski definition) is 1. The smallest absolute Gasteiger partial charge is 0.144 e. The maximum Gasteiger partial charge on any atom is 0.144 e. The van der Waals surface area contributed by atoms with Crippen LogP contribution in [0.5, 0.6) is 0 Å². The molecule has 0 bridgehead atoms. The van der Waals surface area contributed by atoms with Crippen LogP contribution in [0, 0.1) is 12.7 Å². The standard InChI is InChI=1S/C14H12FN3/c1-9-13-8-12(16)6-7-18(13)14(17-9)10-2-4-11(15)5-3-10/h2-8H,16H2,1H3. The first kappa shape index (κ1) is 10.8. The first-order valence-electron chi connectivity index (χ1n) is 5.65. The number of rotatable bonds is 1. The van der Waals surface area contributed by atoms with Crippen LogP contribution in [-0.4, -0.2) is 9.38 Å². The van der Waals surface area contributed by atoms with Crippen molar-refractivity contribution in [2.45, 2.75) is 6.92 Å². The fourth-order valence-corrected chi connectivity index (χ4v) is 2.05. The zero-order valence-corrected chi connectivity index (χ0v) is 9.89. The molecule has 0 fully saturated rings. The van der Waals surface area contributed by atoms with Gasteiger partial charge in [-0.1, -0.05) is 0 Å². The van der Waals surface area contributed by atoms with E-state index in [0.717, 1.165) is 22.6 Å². The van der Waals surface area contributed by atoms with Gasteiger partial charge in [-0.25, -0.2) is 9.37 Å². The number of nitrogen functional groups attached to an aromatic ring is 1. The van der Waals surface area contributed by atoms with Crippen LogP contribution in [0.3, 0.4) is 0 Å². The van der Waals surface area contributed by atoms with E-state index in [2.05, 4.69) is 4.98 Å². The fourth-order valence-electron chi connectivity index (χ4n) is 2.05. The normalized spacial score (nSPS) is 11.0. The molecular formula is C14H12FN3. The molecule has 0 amide bonds. The Morgan fingerprint density at radius 1 is 1.17 bits per heavy atom. The molecule has 3 rings (SSSR count). The zero-order chi connectivity index (χ0) is 12.7. The van der Waals surface area contributed by atoms with Gasteiger partial charge in [-0.2, -0.15) is 0 Å². The Balaban J connectivity index is 2.26. The summed E-state index contributed by atoms with van der Waals surface area (Å²) >= 11 is 0. The maximum atomic E-state index is 12.9. The summed E-state index contributed by atoms with van der Waals surface area (Å²) in [5.74, 6) is 0.545. The fraction of sp³-hybridized carbons (Fsp3) is 0.0714. The van der Waals surface area contributed by atoms with Gasteiger partial charge >= 0.3 is 0 Å². The Bertz CT molecular complexity index is 714. The molecule has 0 spiro atoms. The van der Waals surface area contributed by atoms with Crippen molar-refractivity contribution in [1.82, 2.24) is 9.38 Å². The van der Waals surface area contributed by atoms with Crippen molar-refractivity contribution >= 4 is 11.2 Å². The molecule has 3 aromatic rings. The van der Waals surface area contributed by atoms with Gasteiger partial charge in [-0.3, -0.25) is 4.40 Å². The summed E-state index contributed by atoms with van der Waals surface area (Å²) in [6.45, 7) is 1.93. The highest BCUT2D eigenvalue weighted by Crippen LogP contribution is 2.23. The first-order chi connectivity index (χ1) is 8.65. The van der Waals surface area contributed by atoms with Gasteiger partial charge in [0.05, 0.1) is 11.2 Å². The predicted molar refractivity (Wildman–Crippen MR) is 69.7 cm³/mol. The van der Waals surface area contributed by atoms with Crippen molar-refractivity contribution in [2.75, 3.05) is 5.73 Å². The van der Waals surface area contributed by atoms with Gasteiger partial charge in [-0.15, -0.1) is 0 Å². The summed E-state index contributed by atoms with van der Waals surface area (Å²) in [7, 11) is 0.